The van der Waals surface area contributed by atoms with E-state index in [4.69, 9.17) is 10.7 Å². The second-order valence-corrected chi connectivity index (χ2v) is 7.58. The maximum absolute atomic E-state index is 5.82. The third-order valence-electron chi connectivity index (χ3n) is 3.16. The monoisotopic (exact) mass is 338 g/mol. The molecule has 1 aromatic carbocycles. The molecule has 0 radical (unpaired) electrons. The number of hydrogen-bond acceptors (Lipinski definition) is 3. The van der Waals surface area contributed by atoms with E-state index in [1.54, 1.807) is 11.3 Å². The Labute approximate surface area is 127 Å². The second kappa shape index (κ2) is 5.73. The van der Waals surface area contributed by atoms with E-state index < -0.39 is 0 Å². The van der Waals surface area contributed by atoms with Gasteiger partial charge < -0.3 is 5.73 Å². The summed E-state index contributed by atoms with van der Waals surface area (Å²) in [7, 11) is 0. The smallest absolute Gasteiger partial charge is 0.123 e. The van der Waals surface area contributed by atoms with E-state index in [9.17, 15) is 0 Å². The van der Waals surface area contributed by atoms with Crippen molar-refractivity contribution in [3.05, 3.63) is 39.3 Å². The number of aromatic nitrogens is 1. The molecule has 2 rings (SSSR count). The Morgan fingerprint density at radius 1 is 1.37 bits per heavy atom. The van der Waals surface area contributed by atoms with E-state index in [1.165, 1.54) is 10.4 Å². The average Bonchev–Trinajstić information content (AvgIpc) is 2.70. The van der Waals surface area contributed by atoms with Gasteiger partial charge in [-0.2, -0.15) is 0 Å². The molecule has 1 heterocycles. The van der Waals surface area contributed by atoms with Crippen LogP contribution >= 0.6 is 27.3 Å². The Bertz CT molecular complexity index is 575. The quantitative estimate of drug-likeness (QED) is 0.896. The maximum Gasteiger partial charge on any atom is 0.123 e. The Kier molecular flexibility index (Phi) is 4.43. The summed E-state index contributed by atoms with van der Waals surface area (Å²) in [5.41, 5.74) is 8.24. The zero-order chi connectivity index (χ0) is 14.0. The average molecular weight is 339 g/mol. The lowest BCUT2D eigenvalue weighted by atomic mass is 9.88. The predicted molar refractivity (Wildman–Crippen MR) is 86.5 cm³/mol. The minimum absolute atomic E-state index is 0.131. The Morgan fingerprint density at radius 2 is 2.11 bits per heavy atom. The molecule has 0 saturated carbocycles. The summed E-state index contributed by atoms with van der Waals surface area (Å²) < 4.78 is 1.08. The molecule has 1 aromatic heterocycles. The van der Waals surface area contributed by atoms with Crippen molar-refractivity contribution in [1.82, 2.24) is 4.98 Å². The summed E-state index contributed by atoms with van der Waals surface area (Å²) in [6.07, 6.45) is 0.987. The lowest BCUT2D eigenvalue weighted by Crippen LogP contribution is -2.25. The van der Waals surface area contributed by atoms with Crippen molar-refractivity contribution < 1.29 is 0 Å². The fourth-order valence-corrected chi connectivity index (χ4v) is 3.56. The number of thiazole rings is 1. The van der Waals surface area contributed by atoms with E-state index >= 15 is 0 Å². The van der Waals surface area contributed by atoms with Crippen molar-refractivity contribution in [2.45, 2.75) is 27.2 Å². The summed E-state index contributed by atoms with van der Waals surface area (Å²) in [5.74, 6) is 0. The van der Waals surface area contributed by atoms with Crippen LogP contribution in [0.25, 0.3) is 10.6 Å². The van der Waals surface area contributed by atoms with Gasteiger partial charge in [0, 0.05) is 14.9 Å². The zero-order valence-corrected chi connectivity index (χ0v) is 13.9. The number of nitrogens with two attached hydrogens (primary N) is 1. The maximum atomic E-state index is 5.82. The third kappa shape index (κ3) is 3.65. The molecule has 0 aliphatic heterocycles. The molecule has 0 amide bonds. The molecule has 2 nitrogen and oxygen atoms in total. The first-order valence-corrected chi connectivity index (χ1v) is 7.94. The number of rotatable bonds is 4. The molecule has 0 unspecified atom stereocenters. The predicted octanol–water partition coefficient (Wildman–Crippen LogP) is 4.41. The van der Waals surface area contributed by atoms with Gasteiger partial charge in [0.1, 0.15) is 5.01 Å². The SMILES string of the molecule is Cc1nc(-c2cccc(Br)c2)sc1CC(C)(C)CN. The first kappa shape index (κ1) is 14.7. The number of benzene rings is 1. The van der Waals surface area contributed by atoms with Crippen LogP contribution in [-0.4, -0.2) is 11.5 Å². The summed E-state index contributed by atoms with van der Waals surface area (Å²) in [6, 6.07) is 8.28. The van der Waals surface area contributed by atoms with Crippen molar-refractivity contribution in [3.8, 4) is 10.6 Å². The molecule has 2 aromatic rings. The molecule has 2 N–H and O–H groups in total. The van der Waals surface area contributed by atoms with Crippen molar-refractivity contribution in [2.24, 2.45) is 11.1 Å². The molecule has 102 valence electrons. The second-order valence-electron chi connectivity index (χ2n) is 5.58. The van der Waals surface area contributed by atoms with Crippen molar-refractivity contribution in [1.29, 1.82) is 0 Å². The number of halogens is 1. The number of hydrogen-bond donors (Lipinski definition) is 1. The van der Waals surface area contributed by atoms with E-state index in [1.807, 2.05) is 12.1 Å². The molecule has 0 bridgehead atoms. The molecule has 0 aliphatic rings. The summed E-state index contributed by atoms with van der Waals surface area (Å²) >= 11 is 5.28. The largest absolute Gasteiger partial charge is 0.330 e. The van der Waals surface area contributed by atoms with Crippen LogP contribution in [0.1, 0.15) is 24.4 Å². The van der Waals surface area contributed by atoms with Crippen molar-refractivity contribution in [3.63, 3.8) is 0 Å². The molecule has 0 fully saturated rings. The third-order valence-corrected chi connectivity index (χ3v) is 4.86. The zero-order valence-electron chi connectivity index (χ0n) is 11.5. The van der Waals surface area contributed by atoms with E-state index in [-0.39, 0.29) is 5.41 Å². The highest BCUT2D eigenvalue weighted by Gasteiger charge is 2.20. The van der Waals surface area contributed by atoms with Gasteiger partial charge in [-0.3, -0.25) is 0 Å². The minimum atomic E-state index is 0.131. The van der Waals surface area contributed by atoms with Crippen LogP contribution in [0.2, 0.25) is 0 Å². The van der Waals surface area contributed by atoms with Crippen LogP contribution in [0.4, 0.5) is 0 Å². The van der Waals surface area contributed by atoms with Gasteiger partial charge in [-0.1, -0.05) is 41.9 Å². The summed E-state index contributed by atoms with van der Waals surface area (Å²) in [5, 5.41) is 1.08. The van der Waals surface area contributed by atoms with Gasteiger partial charge in [0.25, 0.3) is 0 Å². The standard InChI is InChI=1S/C15H19BrN2S/c1-10-13(8-15(2,3)9-17)19-14(18-10)11-5-4-6-12(16)7-11/h4-7H,8-9,17H2,1-3H3. The van der Waals surface area contributed by atoms with Crippen LogP contribution < -0.4 is 5.73 Å². The Morgan fingerprint density at radius 3 is 2.74 bits per heavy atom. The molecule has 0 saturated heterocycles. The lowest BCUT2D eigenvalue weighted by Gasteiger charge is -2.21. The number of nitrogens with zero attached hydrogens (tertiary/aromatic N) is 1. The highest BCUT2D eigenvalue weighted by atomic mass is 79.9. The van der Waals surface area contributed by atoms with Crippen LogP contribution in [0.3, 0.4) is 0 Å². The van der Waals surface area contributed by atoms with Crippen LogP contribution in [0.15, 0.2) is 28.7 Å². The van der Waals surface area contributed by atoms with Crippen LogP contribution in [0, 0.1) is 12.3 Å². The van der Waals surface area contributed by atoms with Gasteiger partial charge in [0.15, 0.2) is 0 Å². The minimum Gasteiger partial charge on any atom is -0.330 e. The highest BCUT2D eigenvalue weighted by Crippen LogP contribution is 2.33. The van der Waals surface area contributed by atoms with Gasteiger partial charge >= 0.3 is 0 Å². The molecular formula is C15H19BrN2S. The first-order chi connectivity index (χ1) is 8.91. The van der Waals surface area contributed by atoms with Crippen molar-refractivity contribution >= 4 is 27.3 Å². The Balaban J connectivity index is 2.31. The molecule has 0 atom stereocenters. The highest BCUT2D eigenvalue weighted by molar-refractivity contribution is 9.10. The molecule has 0 spiro atoms. The molecular weight excluding hydrogens is 320 g/mol. The van der Waals surface area contributed by atoms with Gasteiger partial charge in [0.05, 0.1) is 5.69 Å². The van der Waals surface area contributed by atoms with Gasteiger partial charge in [-0.25, -0.2) is 4.98 Å². The topological polar surface area (TPSA) is 38.9 Å². The van der Waals surface area contributed by atoms with Gasteiger partial charge in [-0.05, 0) is 37.4 Å². The summed E-state index contributed by atoms with van der Waals surface area (Å²) in [6.45, 7) is 7.17. The fourth-order valence-electron chi connectivity index (χ4n) is 1.84. The van der Waals surface area contributed by atoms with E-state index in [0.717, 1.165) is 21.6 Å². The first-order valence-electron chi connectivity index (χ1n) is 6.33. The van der Waals surface area contributed by atoms with Crippen molar-refractivity contribution in [2.75, 3.05) is 6.54 Å². The Hall–Kier alpha value is -0.710. The summed E-state index contributed by atoms with van der Waals surface area (Å²) in [4.78, 5) is 6.04. The molecule has 19 heavy (non-hydrogen) atoms. The van der Waals surface area contributed by atoms with E-state index in [0.29, 0.717) is 6.54 Å². The fraction of sp³-hybridized carbons (Fsp3) is 0.400. The molecule has 4 heteroatoms. The van der Waals surface area contributed by atoms with Crippen LogP contribution in [-0.2, 0) is 6.42 Å². The van der Waals surface area contributed by atoms with Crippen LogP contribution in [0.5, 0.6) is 0 Å². The normalized spacial score (nSPS) is 11.8. The molecule has 0 aliphatic carbocycles. The lowest BCUT2D eigenvalue weighted by molar-refractivity contribution is 0.379. The number of aryl methyl sites for hydroxylation is 1. The van der Waals surface area contributed by atoms with Gasteiger partial charge in [0.2, 0.25) is 0 Å². The van der Waals surface area contributed by atoms with E-state index in [2.05, 4.69) is 48.8 Å². The van der Waals surface area contributed by atoms with Gasteiger partial charge in [-0.15, -0.1) is 11.3 Å².